The van der Waals surface area contributed by atoms with Crippen molar-refractivity contribution in [3.05, 3.63) is 82.0 Å². The highest BCUT2D eigenvalue weighted by atomic mass is 16.6. The average molecular weight is 278 g/mol. The van der Waals surface area contributed by atoms with Crippen LogP contribution in [-0.2, 0) is 12.8 Å². The SMILES string of the molecule is O=[N+]([O-])c1c(CCc2ccccc2)ccc2cccnc12. The highest BCUT2D eigenvalue weighted by Gasteiger charge is 2.18. The van der Waals surface area contributed by atoms with Gasteiger partial charge >= 0.3 is 0 Å². The Balaban J connectivity index is 1.98. The van der Waals surface area contributed by atoms with Crippen LogP contribution >= 0.6 is 0 Å². The number of fused-ring (bicyclic) bond motifs is 1. The van der Waals surface area contributed by atoms with Gasteiger partial charge in [-0.25, -0.2) is 4.98 Å². The molecule has 0 aliphatic rings. The third-order valence-electron chi connectivity index (χ3n) is 3.54. The summed E-state index contributed by atoms with van der Waals surface area (Å²) in [5, 5.41) is 12.2. The molecular formula is C17H14N2O2. The Labute approximate surface area is 122 Å². The summed E-state index contributed by atoms with van der Waals surface area (Å²) in [6.45, 7) is 0. The van der Waals surface area contributed by atoms with Crippen molar-refractivity contribution < 1.29 is 4.92 Å². The van der Waals surface area contributed by atoms with E-state index >= 15 is 0 Å². The summed E-state index contributed by atoms with van der Waals surface area (Å²) in [5.41, 5.74) is 2.50. The lowest BCUT2D eigenvalue weighted by Crippen LogP contribution is -2.00. The van der Waals surface area contributed by atoms with Gasteiger partial charge < -0.3 is 0 Å². The molecule has 4 nitrogen and oxygen atoms in total. The minimum atomic E-state index is -0.324. The summed E-state index contributed by atoms with van der Waals surface area (Å²) in [7, 11) is 0. The molecule has 0 unspecified atom stereocenters. The maximum atomic E-state index is 11.4. The molecular weight excluding hydrogens is 264 g/mol. The molecule has 0 fully saturated rings. The maximum Gasteiger partial charge on any atom is 0.298 e. The van der Waals surface area contributed by atoms with E-state index in [0.717, 1.165) is 17.4 Å². The van der Waals surface area contributed by atoms with E-state index < -0.39 is 0 Å². The Morgan fingerprint density at radius 2 is 1.76 bits per heavy atom. The number of pyridine rings is 1. The maximum absolute atomic E-state index is 11.4. The van der Waals surface area contributed by atoms with Gasteiger partial charge in [0.05, 0.1) is 4.92 Å². The lowest BCUT2D eigenvalue weighted by atomic mass is 10.0. The van der Waals surface area contributed by atoms with E-state index in [1.807, 2.05) is 48.5 Å². The predicted molar refractivity (Wildman–Crippen MR) is 82.2 cm³/mol. The smallest absolute Gasteiger partial charge is 0.258 e. The van der Waals surface area contributed by atoms with E-state index in [4.69, 9.17) is 0 Å². The highest BCUT2D eigenvalue weighted by Crippen LogP contribution is 2.28. The van der Waals surface area contributed by atoms with Crippen LogP contribution in [0.15, 0.2) is 60.8 Å². The summed E-state index contributed by atoms with van der Waals surface area (Å²) in [4.78, 5) is 15.3. The molecule has 0 aliphatic heterocycles. The van der Waals surface area contributed by atoms with Gasteiger partial charge in [0.2, 0.25) is 0 Å². The Morgan fingerprint density at radius 3 is 2.52 bits per heavy atom. The van der Waals surface area contributed by atoms with Gasteiger partial charge in [-0.2, -0.15) is 0 Å². The summed E-state index contributed by atoms with van der Waals surface area (Å²) in [6, 6.07) is 17.4. The fraction of sp³-hybridized carbons (Fsp3) is 0.118. The van der Waals surface area contributed by atoms with Crippen LogP contribution in [0.5, 0.6) is 0 Å². The van der Waals surface area contributed by atoms with Crippen molar-refractivity contribution in [2.75, 3.05) is 0 Å². The van der Waals surface area contributed by atoms with Crippen LogP contribution < -0.4 is 0 Å². The Morgan fingerprint density at radius 1 is 0.952 bits per heavy atom. The third kappa shape index (κ3) is 2.74. The topological polar surface area (TPSA) is 56.0 Å². The molecule has 3 aromatic rings. The van der Waals surface area contributed by atoms with Gasteiger partial charge in [0.25, 0.3) is 5.69 Å². The number of aryl methyl sites for hydroxylation is 2. The summed E-state index contributed by atoms with van der Waals surface area (Å²) in [5.74, 6) is 0. The van der Waals surface area contributed by atoms with Crippen LogP contribution in [-0.4, -0.2) is 9.91 Å². The molecule has 0 spiro atoms. The molecule has 2 aromatic carbocycles. The van der Waals surface area contributed by atoms with Crippen LogP contribution in [0.3, 0.4) is 0 Å². The molecule has 0 saturated carbocycles. The largest absolute Gasteiger partial charge is 0.298 e. The van der Waals surface area contributed by atoms with Gasteiger partial charge in [0.1, 0.15) is 5.52 Å². The predicted octanol–water partition coefficient (Wildman–Crippen LogP) is 3.93. The Hall–Kier alpha value is -2.75. The van der Waals surface area contributed by atoms with E-state index in [2.05, 4.69) is 4.98 Å². The first-order valence-electron chi connectivity index (χ1n) is 6.80. The van der Waals surface area contributed by atoms with Crippen LogP contribution in [0.4, 0.5) is 5.69 Å². The molecule has 3 rings (SSSR count). The molecule has 21 heavy (non-hydrogen) atoms. The summed E-state index contributed by atoms with van der Waals surface area (Å²) < 4.78 is 0. The second-order valence-electron chi connectivity index (χ2n) is 4.89. The van der Waals surface area contributed by atoms with Crippen molar-refractivity contribution in [2.24, 2.45) is 0 Å². The zero-order chi connectivity index (χ0) is 14.7. The van der Waals surface area contributed by atoms with E-state index in [9.17, 15) is 10.1 Å². The van der Waals surface area contributed by atoms with Crippen LogP contribution in [0.25, 0.3) is 10.9 Å². The number of hydrogen-bond acceptors (Lipinski definition) is 3. The van der Waals surface area contributed by atoms with Gasteiger partial charge in [-0.1, -0.05) is 48.5 Å². The van der Waals surface area contributed by atoms with Crippen molar-refractivity contribution >= 4 is 16.6 Å². The van der Waals surface area contributed by atoms with Crippen LogP contribution in [0.2, 0.25) is 0 Å². The van der Waals surface area contributed by atoms with Crippen molar-refractivity contribution in [2.45, 2.75) is 12.8 Å². The van der Waals surface area contributed by atoms with Gasteiger partial charge in [-0.05, 0) is 24.5 Å². The first-order chi connectivity index (χ1) is 10.3. The van der Waals surface area contributed by atoms with Crippen molar-refractivity contribution in [3.8, 4) is 0 Å². The number of hydrogen-bond donors (Lipinski definition) is 0. The lowest BCUT2D eigenvalue weighted by Gasteiger charge is -2.06. The van der Waals surface area contributed by atoms with Crippen molar-refractivity contribution in [3.63, 3.8) is 0 Å². The van der Waals surface area contributed by atoms with Crippen molar-refractivity contribution in [1.82, 2.24) is 4.98 Å². The minimum absolute atomic E-state index is 0.129. The van der Waals surface area contributed by atoms with Crippen molar-refractivity contribution in [1.29, 1.82) is 0 Å². The first kappa shape index (κ1) is 13.2. The molecule has 104 valence electrons. The second kappa shape index (κ2) is 5.71. The molecule has 0 radical (unpaired) electrons. The molecule has 0 aliphatic carbocycles. The fourth-order valence-electron chi connectivity index (χ4n) is 2.50. The Kier molecular flexibility index (Phi) is 3.60. The molecule has 0 amide bonds. The Bertz CT molecular complexity index is 785. The van der Waals surface area contributed by atoms with E-state index in [1.165, 1.54) is 5.56 Å². The highest BCUT2D eigenvalue weighted by molar-refractivity contribution is 5.88. The normalized spacial score (nSPS) is 10.7. The lowest BCUT2D eigenvalue weighted by molar-refractivity contribution is -0.383. The molecule has 1 heterocycles. The summed E-state index contributed by atoms with van der Waals surface area (Å²) >= 11 is 0. The first-order valence-corrected chi connectivity index (χ1v) is 6.80. The van der Waals surface area contributed by atoms with Gasteiger partial charge in [0.15, 0.2) is 0 Å². The number of nitro benzene ring substituents is 1. The zero-order valence-electron chi connectivity index (χ0n) is 11.4. The van der Waals surface area contributed by atoms with Crippen LogP contribution in [0.1, 0.15) is 11.1 Å². The molecule has 1 aromatic heterocycles. The molecule has 4 heteroatoms. The standard InChI is InChI=1S/C17H14N2O2/c20-19(21)17-15(9-8-13-5-2-1-3-6-13)11-10-14-7-4-12-18-16(14)17/h1-7,10-12H,8-9H2. The van der Waals surface area contributed by atoms with Gasteiger partial charge in [-0.3, -0.25) is 10.1 Å². The average Bonchev–Trinajstić information content (AvgIpc) is 2.53. The number of benzene rings is 2. The van der Waals surface area contributed by atoms with Gasteiger partial charge in [-0.15, -0.1) is 0 Å². The van der Waals surface area contributed by atoms with Gasteiger partial charge in [0, 0.05) is 17.1 Å². The molecule has 0 bridgehead atoms. The quantitative estimate of drug-likeness (QED) is 0.536. The molecule has 0 atom stereocenters. The fourth-order valence-corrected chi connectivity index (χ4v) is 2.50. The van der Waals surface area contributed by atoms with E-state index in [-0.39, 0.29) is 10.6 Å². The number of nitrogens with zero attached hydrogens (tertiary/aromatic N) is 2. The van der Waals surface area contributed by atoms with Crippen LogP contribution in [0, 0.1) is 10.1 Å². The molecule has 0 N–H and O–H groups in total. The second-order valence-corrected chi connectivity index (χ2v) is 4.89. The number of aromatic nitrogens is 1. The monoisotopic (exact) mass is 278 g/mol. The van der Waals surface area contributed by atoms with E-state index in [1.54, 1.807) is 12.3 Å². The minimum Gasteiger partial charge on any atom is -0.258 e. The third-order valence-corrected chi connectivity index (χ3v) is 3.54. The van der Waals surface area contributed by atoms with E-state index in [0.29, 0.717) is 11.9 Å². The summed E-state index contributed by atoms with van der Waals surface area (Å²) in [6.07, 6.45) is 3.00. The number of rotatable bonds is 4. The number of nitro groups is 1. The zero-order valence-corrected chi connectivity index (χ0v) is 11.4. The molecule has 0 saturated heterocycles.